The van der Waals surface area contributed by atoms with Crippen molar-refractivity contribution in [2.45, 2.75) is 118 Å². The average molecular weight is 1180 g/mol. The summed E-state index contributed by atoms with van der Waals surface area (Å²) in [7, 11) is 0. The Morgan fingerprint density at radius 3 is 1.37 bits per heavy atom. The van der Waals surface area contributed by atoms with Crippen molar-refractivity contribution in [2.24, 2.45) is 0 Å². The summed E-state index contributed by atoms with van der Waals surface area (Å²) in [5.41, 5.74) is 9.53. The van der Waals surface area contributed by atoms with Crippen LogP contribution in [0.3, 0.4) is 0 Å². The maximum atomic E-state index is 14.0. The van der Waals surface area contributed by atoms with Gasteiger partial charge in [-0.3, -0.25) is 4.79 Å². The van der Waals surface area contributed by atoms with Crippen molar-refractivity contribution in [3.05, 3.63) is 179 Å². The van der Waals surface area contributed by atoms with Crippen molar-refractivity contribution in [1.29, 1.82) is 0 Å². The smallest absolute Gasteiger partial charge is 0.407 e. The lowest BCUT2D eigenvalue weighted by Gasteiger charge is -2.33. The molecule has 0 atom stereocenters. The number of benzene rings is 3. The van der Waals surface area contributed by atoms with Gasteiger partial charge in [-0.25, -0.2) is 28.8 Å². The van der Waals surface area contributed by atoms with Gasteiger partial charge in [-0.2, -0.15) is 4.58 Å². The zero-order valence-corrected chi connectivity index (χ0v) is 51.0. The molecule has 0 heterocycles. The Balaban J connectivity index is 1.22. The number of rotatable bonds is 32. The van der Waals surface area contributed by atoms with Gasteiger partial charge < -0.3 is 49.1 Å². The number of hydrogen-bond acceptors (Lipinski definition) is 15. The van der Waals surface area contributed by atoms with Gasteiger partial charge in [0.25, 0.3) is 0 Å². The molecule has 18 heteroatoms. The zero-order chi connectivity index (χ0) is 63.1. The van der Waals surface area contributed by atoms with E-state index in [1.54, 1.807) is 13.8 Å². The van der Waals surface area contributed by atoms with Crippen LogP contribution in [0.4, 0.5) is 26.7 Å². The Morgan fingerprint density at radius 1 is 0.547 bits per heavy atom. The quantitative estimate of drug-likeness (QED) is 0.0195. The van der Waals surface area contributed by atoms with Crippen LogP contribution in [0.2, 0.25) is 0 Å². The maximum absolute atomic E-state index is 14.0. The van der Waals surface area contributed by atoms with Crippen LogP contribution >= 0.6 is 0 Å². The summed E-state index contributed by atoms with van der Waals surface area (Å²) in [6.07, 6.45) is 15.9. The first kappa shape index (κ1) is 67.7. The Bertz CT molecular complexity index is 3120. The van der Waals surface area contributed by atoms with Crippen LogP contribution in [-0.4, -0.2) is 116 Å². The van der Waals surface area contributed by atoms with Gasteiger partial charge in [-0.1, -0.05) is 73.9 Å². The van der Waals surface area contributed by atoms with Crippen LogP contribution < -0.4 is 20.6 Å². The number of esters is 4. The van der Waals surface area contributed by atoms with E-state index in [9.17, 15) is 38.7 Å². The van der Waals surface area contributed by atoms with Crippen LogP contribution in [0.25, 0.3) is 5.57 Å². The number of amides is 2. The lowest BCUT2D eigenvalue weighted by molar-refractivity contribution is -0.440. The van der Waals surface area contributed by atoms with Crippen LogP contribution in [0.15, 0.2) is 140 Å². The zero-order valence-electron chi connectivity index (χ0n) is 51.0. The molecule has 0 fully saturated rings. The highest BCUT2D eigenvalue weighted by molar-refractivity contribution is 6.39. The second-order valence-electron chi connectivity index (χ2n) is 22.0. The highest BCUT2D eigenvalue weighted by Gasteiger charge is 2.34. The van der Waals surface area contributed by atoms with Crippen molar-refractivity contribution in [3.63, 3.8) is 0 Å². The number of nitrogens with zero attached hydrogens (tertiary/aromatic N) is 2. The van der Waals surface area contributed by atoms with Crippen LogP contribution in [0.1, 0.15) is 104 Å². The molecule has 0 unspecified atom stereocenters. The monoisotopic (exact) mass is 1180 g/mol. The van der Waals surface area contributed by atoms with E-state index in [2.05, 4.69) is 112 Å². The first-order valence-corrected chi connectivity index (χ1v) is 28.8. The van der Waals surface area contributed by atoms with Gasteiger partial charge >= 0.3 is 36.1 Å². The number of aryl methyl sites for hydroxylation is 6. The number of allylic oxidation sites excluding steroid dienone is 7. The number of anilines is 2. The average Bonchev–Trinajstić information content (AvgIpc) is 0.859. The largest absolute Gasteiger partial charge is 0.871 e. The minimum atomic E-state index is -1.27. The number of ether oxygens (including phenoxy) is 6. The van der Waals surface area contributed by atoms with Gasteiger partial charge in [0, 0.05) is 83.1 Å². The number of carbonyl (C=O) groups is 7. The Labute approximate surface area is 505 Å². The molecular formula is C68H82N4O14. The summed E-state index contributed by atoms with van der Waals surface area (Å²) >= 11 is 0. The Kier molecular flexibility index (Phi) is 25.4. The third kappa shape index (κ3) is 19.5. The van der Waals surface area contributed by atoms with Gasteiger partial charge in [0.15, 0.2) is 5.78 Å². The SMILES string of the molecule is C=CC(=O)OCC(C)(COC(=O)C=C)NC(=O)OCCCCCCN(c1ccc(C2=C([O-])C(=C3C=CC(=[N+](CCCCCCOC(=O)NC(C)(COC(=O)C=C)COC(=O)C=C)c4c(C)cc(C)cc4C)C=C3)C2=O)cc1)c1c(C)cc(C)cc1C. The predicted octanol–water partition coefficient (Wildman–Crippen LogP) is 10.5. The number of Topliss-reactive ketones (excluding diaryl/α,β-unsaturated/α-hetero) is 1. The normalized spacial score (nSPS) is 12.8. The molecule has 0 saturated heterocycles. The summed E-state index contributed by atoms with van der Waals surface area (Å²) in [5, 5.41) is 19.2. The van der Waals surface area contributed by atoms with Gasteiger partial charge in [-0.15, -0.1) is 0 Å². The van der Waals surface area contributed by atoms with Crippen molar-refractivity contribution >= 4 is 70.2 Å². The van der Waals surface area contributed by atoms with Crippen LogP contribution in [0.5, 0.6) is 0 Å². The molecule has 3 aromatic carbocycles. The molecule has 0 spiro atoms. The second kappa shape index (κ2) is 32.3. The Morgan fingerprint density at radius 2 is 0.953 bits per heavy atom. The summed E-state index contributed by atoms with van der Waals surface area (Å²) in [6, 6.07) is 16.1. The molecule has 0 aliphatic heterocycles. The standard InChI is InChI=1S/C68H82N4O14/c1-13-55(73)83-41-67(11,42-84-56(74)14-2)69-65(79)81-35-23-19-17-21-33-71(61-47(7)37-45(5)38-48(61)8)53-29-25-51(26-30-53)59-63(77)60(64(59)78)52-27-31-54(32-28-52)72(62-49(9)39-46(6)40-50(62)10)34-22-18-20-24-36-82-66(80)70-68(12,43-85-57(75)15-3)44-86-58(76)16-4/h13-16,25-32,37-40H,1-4,17-24,33-36,41-44H2,5-12H3,(H2-,69,70,77,78,79,80). The fourth-order valence-electron chi connectivity index (χ4n) is 10.2. The molecule has 3 aromatic rings. The van der Waals surface area contributed by atoms with Gasteiger partial charge in [0.1, 0.15) is 44.1 Å². The second-order valence-corrected chi connectivity index (χ2v) is 22.0. The molecule has 0 saturated carbocycles. The van der Waals surface area contributed by atoms with Gasteiger partial charge in [0.05, 0.1) is 13.2 Å². The summed E-state index contributed by atoms with van der Waals surface area (Å²) in [4.78, 5) is 88.7. The minimum absolute atomic E-state index is 0.132. The highest BCUT2D eigenvalue weighted by Crippen LogP contribution is 2.40. The fraction of sp³-hybridized carbons (Fsp3) is 0.382. The highest BCUT2D eigenvalue weighted by atomic mass is 16.6. The van der Waals surface area contributed by atoms with Crippen LogP contribution in [-0.2, 0) is 52.4 Å². The molecule has 0 aromatic heterocycles. The molecule has 5 rings (SSSR count). The van der Waals surface area contributed by atoms with Gasteiger partial charge in [-0.05, 0) is 153 Å². The van der Waals surface area contributed by atoms with Crippen molar-refractivity contribution in [3.8, 4) is 0 Å². The van der Waals surface area contributed by atoms with Crippen molar-refractivity contribution in [1.82, 2.24) is 10.6 Å². The number of carbonyl (C=O) groups excluding carboxylic acids is 7. The number of hydrogen-bond donors (Lipinski definition) is 2. The van der Waals surface area contributed by atoms with E-state index in [4.69, 9.17) is 28.4 Å². The molecule has 2 aliphatic carbocycles. The maximum Gasteiger partial charge on any atom is 0.407 e. The van der Waals surface area contributed by atoms with Crippen LogP contribution in [0, 0.1) is 41.5 Å². The summed E-state index contributed by atoms with van der Waals surface area (Å²) < 4.78 is 33.6. The number of unbranched alkanes of at least 4 members (excludes halogenated alkanes) is 6. The molecular weight excluding hydrogens is 1100 g/mol. The number of nitrogens with one attached hydrogen (secondary N) is 2. The third-order valence-electron chi connectivity index (χ3n) is 14.3. The molecule has 0 radical (unpaired) electrons. The lowest BCUT2D eigenvalue weighted by atomic mass is 9.80. The Hall–Kier alpha value is -9.06. The molecule has 86 heavy (non-hydrogen) atoms. The first-order valence-electron chi connectivity index (χ1n) is 28.8. The van der Waals surface area contributed by atoms with E-state index in [-0.39, 0.29) is 62.3 Å². The topological polar surface area (TPSA) is 228 Å². The number of alkyl carbamates (subject to hydrolysis) is 2. The van der Waals surface area contributed by atoms with E-state index in [0.29, 0.717) is 37.1 Å². The molecule has 2 N–H and O–H groups in total. The van der Waals surface area contributed by atoms with E-state index in [1.165, 1.54) is 0 Å². The number of ketones is 1. The van der Waals surface area contributed by atoms with E-state index < -0.39 is 47.1 Å². The van der Waals surface area contributed by atoms with Crippen molar-refractivity contribution in [2.75, 3.05) is 57.6 Å². The molecule has 458 valence electrons. The van der Waals surface area contributed by atoms with E-state index in [0.717, 1.165) is 119 Å². The molecule has 2 aliphatic rings. The van der Waals surface area contributed by atoms with E-state index >= 15 is 0 Å². The fourth-order valence-corrected chi connectivity index (χ4v) is 10.2. The summed E-state index contributed by atoms with van der Waals surface area (Å²) in [5.74, 6) is -3.42. The first-order chi connectivity index (χ1) is 40.9. The third-order valence-corrected chi connectivity index (χ3v) is 14.3. The van der Waals surface area contributed by atoms with E-state index in [1.807, 2.05) is 48.6 Å². The van der Waals surface area contributed by atoms with Crippen molar-refractivity contribution < 1.29 is 71.7 Å². The molecule has 18 nitrogen and oxygen atoms in total. The molecule has 0 bridgehead atoms. The molecule has 2 amide bonds. The minimum Gasteiger partial charge on any atom is -0.871 e. The van der Waals surface area contributed by atoms with Gasteiger partial charge in [0.2, 0.25) is 11.4 Å². The predicted molar refractivity (Wildman–Crippen MR) is 329 cm³/mol. The summed E-state index contributed by atoms with van der Waals surface area (Å²) in [6.45, 7) is 29.5. The lowest BCUT2D eigenvalue weighted by Crippen LogP contribution is -2.53.